The topological polar surface area (TPSA) is 90.0 Å². The number of piperidine rings is 1. The lowest BCUT2D eigenvalue weighted by atomic mass is 10.1. The average Bonchev–Trinajstić information content (AvgIpc) is 3.00. The number of aliphatic hydroxyl groups excluding tert-OH is 1. The van der Waals surface area contributed by atoms with Crippen LogP contribution in [0.15, 0.2) is 21.9 Å². The lowest BCUT2D eigenvalue weighted by molar-refractivity contribution is 0.260. The first kappa shape index (κ1) is 15.9. The first-order valence-corrected chi connectivity index (χ1v) is 9.92. The van der Waals surface area contributed by atoms with Crippen LogP contribution >= 0.6 is 24.4 Å². The number of anilines is 1. The number of rotatable bonds is 5. The standard InChI is InChI=1S/C16H20N6OS2/c23-7-11-9-5-22(6-10(9)11)12-1-2-13(25-8-3-17-4-8)15(24)14(12)16-18-20-21-19-16/h1-2,8-11,17,23-24H,3-7H2,(H,18,19,20,21). The molecule has 7 nitrogen and oxygen atoms in total. The number of hydrogen-bond donors (Lipinski definition) is 4. The molecule has 1 aliphatic carbocycles. The fraction of sp³-hybridized carbons (Fsp3) is 0.562. The number of tetrazole rings is 1. The van der Waals surface area contributed by atoms with Gasteiger partial charge in [0.15, 0.2) is 0 Å². The minimum absolute atomic E-state index is 0.309. The van der Waals surface area contributed by atoms with Gasteiger partial charge < -0.3 is 15.3 Å². The smallest absolute Gasteiger partial charge is 0.207 e. The Labute approximate surface area is 155 Å². The summed E-state index contributed by atoms with van der Waals surface area (Å²) >= 11 is 6.69. The zero-order valence-corrected chi connectivity index (χ0v) is 15.3. The Morgan fingerprint density at radius 1 is 1.28 bits per heavy atom. The minimum Gasteiger partial charge on any atom is -0.396 e. The van der Waals surface area contributed by atoms with Gasteiger partial charge in [-0.05, 0) is 35.1 Å². The Bertz CT molecular complexity index is 769. The van der Waals surface area contributed by atoms with Crippen molar-refractivity contribution in [2.45, 2.75) is 15.0 Å². The van der Waals surface area contributed by atoms with Gasteiger partial charge in [-0.2, -0.15) is 5.21 Å². The molecule has 9 heteroatoms. The van der Waals surface area contributed by atoms with Crippen LogP contribution in [0.3, 0.4) is 0 Å². The number of thiol groups is 1. The zero-order valence-electron chi connectivity index (χ0n) is 13.6. The van der Waals surface area contributed by atoms with Crippen LogP contribution in [0.1, 0.15) is 0 Å². The van der Waals surface area contributed by atoms with E-state index in [2.05, 4.69) is 43.0 Å². The summed E-state index contributed by atoms with van der Waals surface area (Å²) in [6.07, 6.45) is 0. The van der Waals surface area contributed by atoms with E-state index in [1.54, 1.807) is 0 Å². The Kier molecular flexibility index (Phi) is 3.92. The van der Waals surface area contributed by atoms with E-state index in [-0.39, 0.29) is 0 Å². The van der Waals surface area contributed by atoms with Crippen molar-refractivity contribution < 1.29 is 5.11 Å². The molecule has 3 N–H and O–H groups in total. The van der Waals surface area contributed by atoms with Crippen LogP contribution < -0.4 is 10.2 Å². The third-order valence-corrected chi connectivity index (χ3v) is 7.52. The van der Waals surface area contributed by atoms with E-state index in [0.29, 0.717) is 35.4 Å². The number of aliphatic hydroxyl groups is 1. The van der Waals surface area contributed by atoms with Crippen molar-refractivity contribution in [3.63, 3.8) is 0 Å². The lowest BCUT2D eigenvalue weighted by Crippen LogP contribution is -2.44. The van der Waals surface area contributed by atoms with Crippen molar-refractivity contribution in [3.8, 4) is 11.4 Å². The van der Waals surface area contributed by atoms with Crippen LogP contribution in [0.5, 0.6) is 0 Å². The second-order valence-corrected chi connectivity index (χ2v) is 8.81. The van der Waals surface area contributed by atoms with Gasteiger partial charge in [-0.1, -0.05) is 0 Å². The highest BCUT2D eigenvalue weighted by Gasteiger charge is 2.55. The van der Waals surface area contributed by atoms with Gasteiger partial charge in [-0.3, -0.25) is 0 Å². The van der Waals surface area contributed by atoms with Crippen LogP contribution in [-0.4, -0.2) is 63.8 Å². The van der Waals surface area contributed by atoms with Gasteiger partial charge in [-0.15, -0.1) is 34.6 Å². The molecule has 2 unspecified atom stereocenters. The molecule has 5 rings (SSSR count). The molecule has 1 saturated carbocycles. The third kappa shape index (κ3) is 2.64. The third-order valence-electron chi connectivity index (χ3n) is 5.65. The largest absolute Gasteiger partial charge is 0.396 e. The number of H-pyrrole nitrogens is 1. The van der Waals surface area contributed by atoms with Gasteiger partial charge in [0, 0.05) is 53.5 Å². The molecule has 1 aromatic carbocycles. The number of fused-ring (bicyclic) bond motifs is 1. The van der Waals surface area contributed by atoms with Gasteiger partial charge in [0.2, 0.25) is 5.82 Å². The maximum Gasteiger partial charge on any atom is 0.207 e. The second-order valence-electron chi connectivity index (χ2n) is 7.02. The molecule has 3 fully saturated rings. The van der Waals surface area contributed by atoms with Crippen LogP contribution in [0, 0.1) is 17.8 Å². The van der Waals surface area contributed by atoms with Crippen molar-refractivity contribution in [1.82, 2.24) is 25.9 Å². The van der Waals surface area contributed by atoms with E-state index in [1.165, 1.54) is 0 Å². The SMILES string of the molecule is OCC1C2CN(c3ccc(SC4CNC4)c(S)c3-c3nn[nH]n3)CC12. The van der Waals surface area contributed by atoms with Crippen LogP contribution in [0.25, 0.3) is 11.4 Å². The molecule has 0 bridgehead atoms. The highest BCUT2D eigenvalue weighted by atomic mass is 32.2. The van der Waals surface area contributed by atoms with Gasteiger partial charge in [0.25, 0.3) is 0 Å². The number of aromatic amines is 1. The molecule has 0 amide bonds. The van der Waals surface area contributed by atoms with E-state index in [4.69, 9.17) is 12.6 Å². The second kappa shape index (κ2) is 6.15. The maximum atomic E-state index is 9.40. The Morgan fingerprint density at radius 2 is 2.08 bits per heavy atom. The Hall–Kier alpha value is -1.29. The van der Waals surface area contributed by atoms with Crippen LogP contribution in [-0.2, 0) is 0 Å². The van der Waals surface area contributed by atoms with Crippen molar-refractivity contribution in [2.24, 2.45) is 17.8 Å². The van der Waals surface area contributed by atoms with E-state index in [9.17, 15) is 5.11 Å². The van der Waals surface area contributed by atoms with E-state index >= 15 is 0 Å². The first-order valence-electron chi connectivity index (χ1n) is 8.59. The molecule has 3 heterocycles. The highest BCUT2D eigenvalue weighted by Crippen LogP contribution is 2.53. The van der Waals surface area contributed by atoms with Crippen LogP contribution in [0.2, 0.25) is 0 Å². The van der Waals surface area contributed by atoms with Crippen molar-refractivity contribution in [1.29, 1.82) is 0 Å². The van der Waals surface area contributed by atoms with Gasteiger partial charge >= 0.3 is 0 Å². The summed E-state index contributed by atoms with van der Waals surface area (Å²) in [6, 6.07) is 4.33. The number of nitrogens with zero attached hydrogens (tertiary/aromatic N) is 4. The molecular weight excluding hydrogens is 356 g/mol. The molecule has 1 aromatic heterocycles. The summed E-state index contributed by atoms with van der Waals surface area (Å²) in [6.45, 7) is 4.34. The molecule has 2 atom stereocenters. The maximum absolute atomic E-state index is 9.40. The van der Waals surface area contributed by atoms with Crippen LogP contribution in [0.4, 0.5) is 5.69 Å². The Balaban J connectivity index is 1.49. The fourth-order valence-electron chi connectivity index (χ4n) is 4.05. The van der Waals surface area contributed by atoms with Crippen molar-refractivity contribution in [2.75, 3.05) is 37.7 Å². The molecule has 2 saturated heterocycles. The Morgan fingerprint density at radius 3 is 2.68 bits per heavy atom. The summed E-state index contributed by atoms with van der Waals surface area (Å²) < 4.78 is 0. The van der Waals surface area contributed by atoms with E-state index in [1.807, 2.05) is 11.8 Å². The molecule has 2 aliphatic heterocycles. The predicted octanol–water partition coefficient (Wildman–Crippen LogP) is 0.894. The average molecular weight is 377 g/mol. The first-order chi connectivity index (χ1) is 12.3. The molecule has 0 radical (unpaired) electrons. The van der Waals surface area contributed by atoms with E-state index < -0.39 is 0 Å². The quantitative estimate of drug-likeness (QED) is 0.576. The molecule has 25 heavy (non-hydrogen) atoms. The zero-order chi connectivity index (χ0) is 17.0. The summed E-state index contributed by atoms with van der Waals surface area (Å²) in [4.78, 5) is 4.47. The van der Waals surface area contributed by atoms with Gasteiger partial charge in [0.1, 0.15) is 0 Å². The fourth-order valence-corrected chi connectivity index (χ4v) is 5.62. The summed E-state index contributed by atoms with van der Waals surface area (Å²) in [7, 11) is 0. The molecule has 2 aromatic rings. The number of benzene rings is 1. The van der Waals surface area contributed by atoms with E-state index in [0.717, 1.165) is 47.2 Å². The van der Waals surface area contributed by atoms with Crippen molar-refractivity contribution in [3.05, 3.63) is 12.1 Å². The summed E-state index contributed by atoms with van der Waals surface area (Å²) in [5.41, 5.74) is 2.07. The monoisotopic (exact) mass is 376 g/mol. The summed E-state index contributed by atoms with van der Waals surface area (Å²) in [5.74, 6) is 2.30. The predicted molar refractivity (Wildman–Crippen MR) is 99.1 cm³/mol. The number of nitrogens with one attached hydrogen (secondary N) is 2. The number of aromatic nitrogens is 4. The molecule has 0 spiro atoms. The normalized spacial score (nSPS) is 28.1. The summed E-state index contributed by atoms with van der Waals surface area (Å²) in [5, 5.41) is 28.0. The molecule has 132 valence electrons. The number of thioether (sulfide) groups is 1. The van der Waals surface area contributed by atoms with Gasteiger partial charge in [0.05, 0.1) is 5.56 Å². The molecular formula is C16H20N6OS2. The lowest BCUT2D eigenvalue weighted by Gasteiger charge is -2.29. The highest BCUT2D eigenvalue weighted by molar-refractivity contribution is 8.00. The van der Waals surface area contributed by atoms with Gasteiger partial charge in [-0.25, -0.2) is 0 Å². The number of hydrogen-bond acceptors (Lipinski definition) is 8. The van der Waals surface area contributed by atoms with Crippen molar-refractivity contribution >= 4 is 30.1 Å². The molecule has 3 aliphatic rings. The minimum atomic E-state index is 0.309.